The molecule has 1 fully saturated rings. The number of rotatable bonds is 7. The fraction of sp³-hybridized carbons (Fsp3) is 0.286. The monoisotopic (exact) mass is 476 g/mol. The zero-order valence-corrected chi connectivity index (χ0v) is 19.9. The number of hydrogen-bond donors (Lipinski definition) is 2. The summed E-state index contributed by atoms with van der Waals surface area (Å²) in [7, 11) is 1.66. The van der Waals surface area contributed by atoms with Crippen LogP contribution in [0.15, 0.2) is 78.9 Å². The number of benzene rings is 3. The Kier molecular flexibility index (Phi) is 9.54. The number of nitrogens with zero attached hydrogens (tertiary/aromatic N) is 1. The number of primary amides is 1. The molecule has 4 rings (SSSR count). The van der Waals surface area contributed by atoms with E-state index in [1.807, 2.05) is 42.5 Å². The molecule has 1 saturated heterocycles. The molecule has 1 aliphatic rings. The molecule has 0 spiro atoms. The molecule has 7 heteroatoms. The number of likely N-dealkylation sites (tertiary alicyclic amines) is 1. The molecule has 0 radical (unpaired) electrons. The molecule has 7 nitrogen and oxygen atoms in total. The minimum Gasteiger partial charge on any atom is -0.497 e. The van der Waals surface area contributed by atoms with Gasteiger partial charge in [0.05, 0.1) is 7.11 Å². The van der Waals surface area contributed by atoms with Crippen molar-refractivity contribution in [3.63, 3.8) is 0 Å². The van der Waals surface area contributed by atoms with Crippen molar-refractivity contribution in [2.75, 3.05) is 20.2 Å². The van der Waals surface area contributed by atoms with E-state index in [0.29, 0.717) is 31.2 Å². The number of carbonyl (C=O) groups is 2. The molecule has 3 aromatic rings. The maximum Gasteiger partial charge on any atom is 0.407 e. The number of carboxylic acid groups (broad SMARTS) is 1. The third kappa shape index (κ3) is 8.37. The Bertz CT molecular complexity index is 1060. The minimum atomic E-state index is -0.794. The first-order valence-corrected chi connectivity index (χ1v) is 11.6. The lowest BCUT2D eigenvalue weighted by Gasteiger charge is -2.30. The molecule has 0 aromatic heterocycles. The Hall–Kier alpha value is -4.00. The fourth-order valence-corrected chi connectivity index (χ4v) is 3.88. The van der Waals surface area contributed by atoms with Gasteiger partial charge < -0.3 is 25.2 Å². The van der Waals surface area contributed by atoms with Gasteiger partial charge in [-0.3, -0.25) is 4.79 Å². The standard InChI is InChI=1S/C14H19NO3.C14H13NO2/c1-18-13-4-2-11(3-5-13)10-12-6-8-15(9-7-12)14(16)17;15-14(16)12-6-8-13(9-7-12)17-10-11-4-2-1-3-5-11/h2-5,12H,6-10H2,1H3,(H,16,17);1-9H,10H2,(H2,15,16). The molecule has 0 atom stereocenters. The number of ether oxygens (including phenoxy) is 2. The number of hydrogen-bond acceptors (Lipinski definition) is 4. The van der Waals surface area contributed by atoms with Crippen molar-refractivity contribution >= 4 is 12.0 Å². The summed E-state index contributed by atoms with van der Waals surface area (Å²) in [4.78, 5) is 23.2. The van der Waals surface area contributed by atoms with Crippen molar-refractivity contribution in [3.05, 3.63) is 95.6 Å². The van der Waals surface area contributed by atoms with Gasteiger partial charge in [-0.05, 0) is 72.7 Å². The maximum atomic E-state index is 10.9. The second-order valence-corrected chi connectivity index (χ2v) is 8.43. The summed E-state index contributed by atoms with van der Waals surface area (Å²) in [6.45, 7) is 1.84. The van der Waals surface area contributed by atoms with Crippen molar-refractivity contribution in [2.24, 2.45) is 11.7 Å². The quantitative estimate of drug-likeness (QED) is 0.500. The molecule has 35 heavy (non-hydrogen) atoms. The highest BCUT2D eigenvalue weighted by atomic mass is 16.5. The normalized spacial score (nSPS) is 13.3. The molecular weight excluding hydrogens is 444 g/mol. The Balaban J connectivity index is 0.000000196. The molecule has 0 bridgehead atoms. The van der Waals surface area contributed by atoms with Crippen molar-refractivity contribution in [3.8, 4) is 11.5 Å². The second-order valence-electron chi connectivity index (χ2n) is 8.43. The first-order chi connectivity index (χ1) is 16.9. The van der Waals surface area contributed by atoms with Crippen LogP contribution in [0.5, 0.6) is 11.5 Å². The fourth-order valence-electron chi connectivity index (χ4n) is 3.88. The number of methoxy groups -OCH3 is 1. The summed E-state index contributed by atoms with van der Waals surface area (Å²) < 4.78 is 10.7. The van der Waals surface area contributed by atoms with Gasteiger partial charge in [0.15, 0.2) is 0 Å². The van der Waals surface area contributed by atoms with Crippen LogP contribution in [0.4, 0.5) is 4.79 Å². The zero-order chi connectivity index (χ0) is 25.0. The highest BCUT2D eigenvalue weighted by Gasteiger charge is 2.22. The van der Waals surface area contributed by atoms with Crippen molar-refractivity contribution < 1.29 is 24.2 Å². The largest absolute Gasteiger partial charge is 0.497 e. The molecule has 0 unspecified atom stereocenters. The lowest BCUT2D eigenvalue weighted by atomic mass is 9.90. The van der Waals surface area contributed by atoms with Crippen LogP contribution in [-0.2, 0) is 13.0 Å². The molecule has 2 amide bonds. The number of amides is 2. The lowest BCUT2D eigenvalue weighted by Crippen LogP contribution is -2.37. The lowest BCUT2D eigenvalue weighted by molar-refractivity contribution is 0.1000. The van der Waals surface area contributed by atoms with Crippen LogP contribution in [0.1, 0.15) is 34.3 Å². The van der Waals surface area contributed by atoms with Crippen molar-refractivity contribution in [1.29, 1.82) is 0 Å². The third-order valence-corrected chi connectivity index (χ3v) is 5.96. The second kappa shape index (κ2) is 13.0. The van der Waals surface area contributed by atoms with Gasteiger partial charge in [0.25, 0.3) is 0 Å². The highest BCUT2D eigenvalue weighted by Crippen LogP contribution is 2.23. The molecule has 0 saturated carbocycles. The molecule has 0 aliphatic carbocycles. The van der Waals surface area contributed by atoms with Gasteiger partial charge in [-0.25, -0.2) is 4.79 Å². The molecular formula is C28H32N2O5. The first-order valence-electron chi connectivity index (χ1n) is 11.6. The number of piperidine rings is 1. The summed E-state index contributed by atoms with van der Waals surface area (Å²) in [5, 5.41) is 8.88. The van der Waals surface area contributed by atoms with E-state index >= 15 is 0 Å². The topological polar surface area (TPSA) is 102 Å². The van der Waals surface area contributed by atoms with Crippen LogP contribution in [0, 0.1) is 5.92 Å². The summed E-state index contributed by atoms with van der Waals surface area (Å²) >= 11 is 0. The van der Waals surface area contributed by atoms with Gasteiger partial charge in [-0.1, -0.05) is 42.5 Å². The van der Waals surface area contributed by atoms with Crippen LogP contribution >= 0.6 is 0 Å². The summed E-state index contributed by atoms with van der Waals surface area (Å²) in [6, 6.07) is 24.8. The van der Waals surface area contributed by atoms with Crippen LogP contribution in [0.25, 0.3) is 0 Å². The van der Waals surface area contributed by atoms with Crippen LogP contribution in [0.3, 0.4) is 0 Å². The zero-order valence-electron chi connectivity index (χ0n) is 19.9. The average Bonchev–Trinajstić information content (AvgIpc) is 2.89. The third-order valence-electron chi connectivity index (χ3n) is 5.96. The maximum absolute atomic E-state index is 10.9. The minimum absolute atomic E-state index is 0.431. The summed E-state index contributed by atoms with van der Waals surface area (Å²) in [5.74, 6) is 1.76. The van der Waals surface area contributed by atoms with Gasteiger partial charge in [0.2, 0.25) is 5.91 Å². The molecule has 1 heterocycles. The molecule has 1 aliphatic heterocycles. The van der Waals surface area contributed by atoms with E-state index in [9.17, 15) is 9.59 Å². The van der Waals surface area contributed by atoms with Gasteiger partial charge in [-0.2, -0.15) is 0 Å². The number of carbonyl (C=O) groups excluding carboxylic acids is 1. The van der Waals surface area contributed by atoms with Crippen molar-refractivity contribution in [2.45, 2.75) is 25.9 Å². The highest BCUT2D eigenvalue weighted by molar-refractivity contribution is 5.92. The van der Waals surface area contributed by atoms with E-state index in [4.69, 9.17) is 20.3 Å². The van der Waals surface area contributed by atoms with E-state index < -0.39 is 12.0 Å². The Morgan fingerprint density at radius 1 is 0.886 bits per heavy atom. The van der Waals surface area contributed by atoms with E-state index in [1.165, 1.54) is 10.5 Å². The predicted molar refractivity (Wildman–Crippen MR) is 135 cm³/mol. The molecule has 3 aromatic carbocycles. The molecule has 3 N–H and O–H groups in total. The molecule has 184 valence electrons. The van der Waals surface area contributed by atoms with E-state index in [1.54, 1.807) is 31.4 Å². The SMILES string of the molecule is COc1ccc(CC2CCN(C(=O)O)CC2)cc1.NC(=O)c1ccc(OCc2ccccc2)cc1. The van der Waals surface area contributed by atoms with E-state index in [2.05, 4.69) is 12.1 Å². The van der Waals surface area contributed by atoms with Crippen molar-refractivity contribution in [1.82, 2.24) is 4.90 Å². The van der Waals surface area contributed by atoms with Gasteiger partial charge >= 0.3 is 6.09 Å². The van der Waals surface area contributed by atoms with E-state index in [-0.39, 0.29) is 0 Å². The first kappa shape index (κ1) is 25.6. The summed E-state index contributed by atoms with van der Waals surface area (Å²) in [5.41, 5.74) is 8.03. The van der Waals surface area contributed by atoms with E-state index in [0.717, 1.165) is 36.3 Å². The van der Waals surface area contributed by atoms with Crippen LogP contribution in [-0.4, -0.2) is 42.2 Å². The average molecular weight is 477 g/mol. The Labute approximate surface area is 206 Å². The Morgan fingerprint density at radius 3 is 2.03 bits per heavy atom. The Morgan fingerprint density at radius 2 is 1.49 bits per heavy atom. The number of nitrogens with two attached hydrogens (primary N) is 1. The van der Waals surface area contributed by atoms with Gasteiger partial charge in [0, 0.05) is 18.7 Å². The smallest absolute Gasteiger partial charge is 0.407 e. The van der Waals surface area contributed by atoms with Gasteiger partial charge in [0.1, 0.15) is 18.1 Å². The van der Waals surface area contributed by atoms with Gasteiger partial charge in [-0.15, -0.1) is 0 Å². The van der Waals surface area contributed by atoms with Crippen LogP contribution in [0.2, 0.25) is 0 Å². The van der Waals surface area contributed by atoms with Crippen LogP contribution < -0.4 is 15.2 Å². The predicted octanol–water partition coefficient (Wildman–Crippen LogP) is 4.99. The summed E-state index contributed by atoms with van der Waals surface area (Å²) in [6.07, 6.45) is 2.14.